The fraction of sp³-hybridized carbons (Fsp3) is 0. The summed E-state index contributed by atoms with van der Waals surface area (Å²) in [6.45, 7) is 0. The Morgan fingerprint density at radius 1 is 0.900 bits per heavy atom. The molecule has 8 heteroatoms. The van der Waals surface area contributed by atoms with E-state index >= 15 is 0 Å². The van der Waals surface area contributed by atoms with Crippen molar-refractivity contribution in [3.63, 3.8) is 0 Å². The van der Waals surface area contributed by atoms with Crippen LogP contribution < -0.4 is 5.32 Å². The van der Waals surface area contributed by atoms with Crippen molar-refractivity contribution in [3.8, 4) is 22.3 Å². The summed E-state index contributed by atoms with van der Waals surface area (Å²) in [4.78, 5) is 32.7. The van der Waals surface area contributed by atoms with Crippen LogP contribution in [0.1, 0.15) is 21.0 Å². The standard InChI is InChI=1S/C22H14ClN3O3S/c23-16-8-6-14(7-9-16)17-12-30-21(18(17)22(28)29)26-20(27)19-24-10-15(11-25-19)13-4-2-1-3-5-13/h1-12H,(H,26,27)(H,28,29). The predicted molar refractivity (Wildman–Crippen MR) is 117 cm³/mol. The number of benzene rings is 2. The minimum absolute atomic E-state index is 0.0107. The highest BCUT2D eigenvalue weighted by Gasteiger charge is 2.22. The fourth-order valence-corrected chi connectivity index (χ4v) is 3.97. The lowest BCUT2D eigenvalue weighted by Crippen LogP contribution is -2.16. The summed E-state index contributed by atoms with van der Waals surface area (Å²) >= 11 is 7.03. The summed E-state index contributed by atoms with van der Waals surface area (Å²) < 4.78 is 0. The zero-order valence-electron chi connectivity index (χ0n) is 15.4. The molecular formula is C22H14ClN3O3S. The zero-order valence-corrected chi connectivity index (χ0v) is 16.9. The number of carbonyl (C=O) groups is 2. The largest absolute Gasteiger partial charge is 0.478 e. The van der Waals surface area contributed by atoms with E-state index < -0.39 is 11.9 Å². The molecule has 0 spiro atoms. The topological polar surface area (TPSA) is 92.2 Å². The summed E-state index contributed by atoms with van der Waals surface area (Å²) in [6, 6.07) is 16.4. The second-order valence-electron chi connectivity index (χ2n) is 6.28. The van der Waals surface area contributed by atoms with Crippen molar-refractivity contribution in [1.82, 2.24) is 9.97 Å². The maximum atomic E-state index is 12.6. The van der Waals surface area contributed by atoms with Crippen LogP contribution in [-0.2, 0) is 0 Å². The molecule has 30 heavy (non-hydrogen) atoms. The highest BCUT2D eigenvalue weighted by atomic mass is 35.5. The molecule has 0 unspecified atom stereocenters. The lowest BCUT2D eigenvalue weighted by atomic mass is 10.0. The number of thiophene rings is 1. The first kappa shape index (κ1) is 19.8. The van der Waals surface area contributed by atoms with Gasteiger partial charge in [0.25, 0.3) is 5.91 Å². The van der Waals surface area contributed by atoms with E-state index in [1.807, 2.05) is 30.3 Å². The molecule has 0 aliphatic carbocycles. The maximum absolute atomic E-state index is 12.6. The molecule has 148 valence electrons. The third-order valence-corrected chi connectivity index (χ3v) is 5.50. The van der Waals surface area contributed by atoms with Gasteiger partial charge >= 0.3 is 5.97 Å². The molecule has 0 atom stereocenters. The van der Waals surface area contributed by atoms with Crippen LogP contribution >= 0.6 is 22.9 Å². The van der Waals surface area contributed by atoms with Crippen molar-refractivity contribution in [2.24, 2.45) is 0 Å². The summed E-state index contributed by atoms with van der Waals surface area (Å²) in [7, 11) is 0. The van der Waals surface area contributed by atoms with Crippen molar-refractivity contribution < 1.29 is 14.7 Å². The summed E-state index contributed by atoms with van der Waals surface area (Å²) in [5.41, 5.74) is 2.91. The number of carbonyl (C=O) groups excluding carboxylic acids is 1. The van der Waals surface area contributed by atoms with Gasteiger partial charge in [-0.1, -0.05) is 54.1 Å². The zero-order chi connectivity index (χ0) is 21.1. The summed E-state index contributed by atoms with van der Waals surface area (Å²) in [5.74, 6) is -1.77. The quantitative estimate of drug-likeness (QED) is 0.433. The van der Waals surface area contributed by atoms with Crippen molar-refractivity contribution in [2.75, 3.05) is 5.32 Å². The molecule has 0 saturated heterocycles. The van der Waals surface area contributed by atoms with E-state index in [1.165, 1.54) is 0 Å². The Balaban J connectivity index is 1.59. The first-order chi connectivity index (χ1) is 14.5. The molecule has 2 aromatic carbocycles. The average molecular weight is 436 g/mol. The van der Waals surface area contributed by atoms with Crippen LogP contribution in [-0.4, -0.2) is 27.0 Å². The van der Waals surface area contributed by atoms with Crippen LogP contribution in [0.25, 0.3) is 22.3 Å². The molecule has 6 nitrogen and oxygen atoms in total. The summed E-state index contributed by atoms with van der Waals surface area (Å²) in [5, 5.41) is 14.8. The molecule has 0 saturated carbocycles. The molecule has 2 N–H and O–H groups in total. The first-order valence-electron chi connectivity index (χ1n) is 8.82. The Hall–Kier alpha value is -3.55. The van der Waals surface area contributed by atoms with Gasteiger partial charge in [-0.25, -0.2) is 14.8 Å². The smallest absolute Gasteiger partial charge is 0.339 e. The van der Waals surface area contributed by atoms with E-state index in [2.05, 4.69) is 15.3 Å². The van der Waals surface area contributed by atoms with Crippen molar-refractivity contribution >= 4 is 39.8 Å². The number of anilines is 1. The number of carboxylic acids is 1. The number of nitrogens with zero attached hydrogens (tertiary/aromatic N) is 2. The molecule has 0 aliphatic heterocycles. The van der Waals surface area contributed by atoms with Gasteiger partial charge in [0, 0.05) is 33.9 Å². The van der Waals surface area contributed by atoms with Crippen LogP contribution in [0.3, 0.4) is 0 Å². The van der Waals surface area contributed by atoms with Crippen LogP contribution in [0.5, 0.6) is 0 Å². The van der Waals surface area contributed by atoms with Gasteiger partial charge < -0.3 is 10.4 Å². The maximum Gasteiger partial charge on any atom is 0.339 e. The second kappa shape index (κ2) is 8.44. The number of hydrogen-bond donors (Lipinski definition) is 2. The van der Waals surface area contributed by atoms with Gasteiger partial charge in [0.1, 0.15) is 10.6 Å². The molecule has 0 aliphatic rings. The van der Waals surface area contributed by atoms with Crippen molar-refractivity contribution in [3.05, 3.63) is 88.8 Å². The van der Waals surface area contributed by atoms with E-state index in [1.54, 1.807) is 42.0 Å². The third-order valence-electron chi connectivity index (χ3n) is 4.35. The Bertz CT molecular complexity index is 1210. The van der Waals surface area contributed by atoms with Gasteiger partial charge in [0.15, 0.2) is 0 Å². The number of amides is 1. The van der Waals surface area contributed by atoms with Gasteiger partial charge in [0.05, 0.1) is 0 Å². The van der Waals surface area contributed by atoms with Crippen LogP contribution in [0.4, 0.5) is 5.00 Å². The lowest BCUT2D eigenvalue weighted by Gasteiger charge is -2.06. The van der Waals surface area contributed by atoms with Crippen LogP contribution in [0.15, 0.2) is 72.4 Å². The summed E-state index contributed by atoms with van der Waals surface area (Å²) in [6.07, 6.45) is 3.12. The van der Waals surface area contributed by atoms with E-state index in [9.17, 15) is 14.7 Å². The number of carboxylic acid groups (broad SMARTS) is 1. The number of aromatic nitrogens is 2. The Kier molecular flexibility index (Phi) is 5.56. The van der Waals surface area contributed by atoms with E-state index in [-0.39, 0.29) is 16.4 Å². The molecule has 4 rings (SSSR count). The fourth-order valence-electron chi connectivity index (χ4n) is 2.89. The average Bonchev–Trinajstić information content (AvgIpc) is 3.19. The minimum atomic E-state index is -1.14. The normalized spacial score (nSPS) is 10.6. The molecule has 0 bridgehead atoms. The molecule has 0 fully saturated rings. The molecule has 2 aromatic heterocycles. The highest BCUT2D eigenvalue weighted by molar-refractivity contribution is 7.15. The second-order valence-corrected chi connectivity index (χ2v) is 7.60. The Morgan fingerprint density at radius 2 is 1.57 bits per heavy atom. The van der Waals surface area contributed by atoms with Gasteiger partial charge in [-0.3, -0.25) is 4.79 Å². The number of nitrogens with one attached hydrogen (secondary N) is 1. The SMILES string of the molecule is O=C(Nc1scc(-c2ccc(Cl)cc2)c1C(=O)O)c1ncc(-c2ccccc2)cn1. The number of hydrogen-bond acceptors (Lipinski definition) is 5. The molecular weight excluding hydrogens is 422 g/mol. The third kappa shape index (κ3) is 4.07. The van der Waals surface area contributed by atoms with Gasteiger partial charge in [-0.05, 0) is 23.3 Å². The van der Waals surface area contributed by atoms with Crippen molar-refractivity contribution in [1.29, 1.82) is 0 Å². The van der Waals surface area contributed by atoms with Crippen LogP contribution in [0.2, 0.25) is 5.02 Å². The first-order valence-corrected chi connectivity index (χ1v) is 10.1. The van der Waals surface area contributed by atoms with E-state index in [4.69, 9.17) is 11.6 Å². The highest BCUT2D eigenvalue weighted by Crippen LogP contribution is 2.36. The van der Waals surface area contributed by atoms with Gasteiger partial charge in [-0.15, -0.1) is 11.3 Å². The van der Waals surface area contributed by atoms with E-state index in [0.717, 1.165) is 22.5 Å². The van der Waals surface area contributed by atoms with Crippen LogP contribution in [0, 0.1) is 0 Å². The lowest BCUT2D eigenvalue weighted by molar-refractivity contribution is 0.0699. The number of halogens is 1. The van der Waals surface area contributed by atoms with Gasteiger partial charge in [-0.2, -0.15) is 0 Å². The number of aromatic carboxylic acids is 1. The molecule has 0 radical (unpaired) electrons. The minimum Gasteiger partial charge on any atom is -0.478 e. The number of rotatable bonds is 5. The molecule has 4 aromatic rings. The van der Waals surface area contributed by atoms with E-state index in [0.29, 0.717) is 16.1 Å². The molecule has 1 amide bonds. The van der Waals surface area contributed by atoms with Crippen molar-refractivity contribution in [2.45, 2.75) is 0 Å². The monoisotopic (exact) mass is 435 g/mol. The Morgan fingerprint density at radius 3 is 2.20 bits per heavy atom. The molecule has 2 heterocycles. The van der Waals surface area contributed by atoms with Gasteiger partial charge in [0.2, 0.25) is 5.82 Å². The predicted octanol–water partition coefficient (Wildman–Crippen LogP) is 5.48. The Labute approximate surface area is 180 Å².